The fourth-order valence-electron chi connectivity index (χ4n) is 1.81. The molecular weight excluding hydrogens is 154 g/mol. The van der Waals surface area contributed by atoms with E-state index in [0.29, 0.717) is 0 Å². The van der Waals surface area contributed by atoms with Crippen LogP contribution >= 0.6 is 0 Å². The van der Waals surface area contributed by atoms with Gasteiger partial charge in [-0.05, 0) is 32.7 Å². The van der Waals surface area contributed by atoms with E-state index in [-0.39, 0.29) is 6.61 Å². The Labute approximate surface area is 74.0 Å². The molecule has 72 valence electrons. The molecule has 1 aliphatic rings. The van der Waals surface area contributed by atoms with Crippen molar-refractivity contribution in [3.8, 4) is 0 Å². The van der Waals surface area contributed by atoms with E-state index in [1.54, 1.807) is 0 Å². The SMILES string of the molecule is CC1(O)CCCN(CCCO)C1. The van der Waals surface area contributed by atoms with Crippen LogP contribution in [0.5, 0.6) is 0 Å². The van der Waals surface area contributed by atoms with Gasteiger partial charge in [-0.2, -0.15) is 0 Å². The molecule has 1 fully saturated rings. The van der Waals surface area contributed by atoms with Gasteiger partial charge in [0.25, 0.3) is 0 Å². The van der Waals surface area contributed by atoms with Crippen molar-refractivity contribution < 1.29 is 10.2 Å². The van der Waals surface area contributed by atoms with Crippen LogP contribution in [0.15, 0.2) is 0 Å². The molecule has 0 radical (unpaired) electrons. The summed E-state index contributed by atoms with van der Waals surface area (Å²) in [5.41, 5.74) is -0.506. The van der Waals surface area contributed by atoms with Gasteiger partial charge in [0.05, 0.1) is 5.60 Å². The Kier molecular flexibility index (Phi) is 3.50. The molecule has 0 bridgehead atoms. The maximum Gasteiger partial charge on any atom is 0.0746 e. The lowest BCUT2D eigenvalue weighted by atomic mass is 9.95. The number of aliphatic hydroxyl groups excluding tert-OH is 1. The first-order valence-corrected chi connectivity index (χ1v) is 4.70. The van der Waals surface area contributed by atoms with Crippen LogP contribution in [0.2, 0.25) is 0 Å². The molecule has 1 aliphatic heterocycles. The van der Waals surface area contributed by atoms with Crippen LogP contribution in [0.3, 0.4) is 0 Å². The molecule has 1 saturated heterocycles. The summed E-state index contributed by atoms with van der Waals surface area (Å²) in [5.74, 6) is 0. The van der Waals surface area contributed by atoms with Crippen LogP contribution in [0.1, 0.15) is 26.2 Å². The molecular formula is C9H19NO2. The van der Waals surface area contributed by atoms with Crippen LogP contribution in [-0.2, 0) is 0 Å². The number of nitrogens with zero attached hydrogens (tertiary/aromatic N) is 1. The number of piperidine rings is 1. The van der Waals surface area contributed by atoms with Crippen LogP contribution in [0.25, 0.3) is 0 Å². The smallest absolute Gasteiger partial charge is 0.0746 e. The largest absolute Gasteiger partial charge is 0.396 e. The monoisotopic (exact) mass is 173 g/mol. The summed E-state index contributed by atoms with van der Waals surface area (Å²) < 4.78 is 0. The minimum atomic E-state index is -0.506. The van der Waals surface area contributed by atoms with E-state index in [4.69, 9.17) is 5.11 Å². The first-order valence-electron chi connectivity index (χ1n) is 4.70. The fraction of sp³-hybridized carbons (Fsp3) is 1.00. The highest BCUT2D eigenvalue weighted by molar-refractivity contribution is 4.82. The predicted molar refractivity (Wildman–Crippen MR) is 48.0 cm³/mol. The van der Waals surface area contributed by atoms with Crippen LogP contribution in [0, 0.1) is 0 Å². The number of aliphatic hydroxyl groups is 2. The molecule has 0 spiro atoms. The summed E-state index contributed by atoms with van der Waals surface area (Å²) in [5, 5.41) is 18.4. The van der Waals surface area contributed by atoms with Gasteiger partial charge in [0.15, 0.2) is 0 Å². The molecule has 0 aromatic heterocycles. The van der Waals surface area contributed by atoms with Gasteiger partial charge in [-0.1, -0.05) is 0 Å². The minimum Gasteiger partial charge on any atom is -0.396 e. The molecule has 12 heavy (non-hydrogen) atoms. The molecule has 0 amide bonds. The van der Waals surface area contributed by atoms with Crippen LogP contribution < -0.4 is 0 Å². The Morgan fingerprint density at radius 2 is 2.25 bits per heavy atom. The lowest BCUT2D eigenvalue weighted by Crippen LogP contribution is -2.46. The zero-order valence-corrected chi connectivity index (χ0v) is 7.79. The lowest BCUT2D eigenvalue weighted by Gasteiger charge is -2.36. The standard InChI is InChI=1S/C9H19NO2/c1-9(12)4-2-5-10(8-9)6-3-7-11/h11-12H,2-8H2,1H3. The number of likely N-dealkylation sites (tertiary alicyclic amines) is 1. The van der Waals surface area contributed by atoms with Crippen LogP contribution in [0.4, 0.5) is 0 Å². The summed E-state index contributed by atoms with van der Waals surface area (Å²) in [6.07, 6.45) is 2.79. The van der Waals surface area contributed by atoms with E-state index in [1.807, 2.05) is 6.92 Å². The van der Waals surface area contributed by atoms with E-state index >= 15 is 0 Å². The van der Waals surface area contributed by atoms with Gasteiger partial charge in [0.2, 0.25) is 0 Å². The molecule has 1 atom stereocenters. The van der Waals surface area contributed by atoms with Crippen molar-refractivity contribution in [2.24, 2.45) is 0 Å². The van der Waals surface area contributed by atoms with Crippen molar-refractivity contribution >= 4 is 0 Å². The summed E-state index contributed by atoms with van der Waals surface area (Å²) >= 11 is 0. The van der Waals surface area contributed by atoms with Gasteiger partial charge in [0, 0.05) is 19.7 Å². The second-order valence-electron chi connectivity index (χ2n) is 3.95. The maximum atomic E-state index is 9.74. The maximum absolute atomic E-state index is 9.74. The Morgan fingerprint density at radius 1 is 1.50 bits per heavy atom. The molecule has 2 N–H and O–H groups in total. The van der Waals surface area contributed by atoms with Gasteiger partial charge >= 0.3 is 0 Å². The molecule has 0 aromatic carbocycles. The third-order valence-corrected chi connectivity index (χ3v) is 2.39. The van der Waals surface area contributed by atoms with Crippen molar-refractivity contribution in [1.82, 2.24) is 4.90 Å². The number of hydrogen-bond donors (Lipinski definition) is 2. The van der Waals surface area contributed by atoms with Gasteiger partial charge in [-0.15, -0.1) is 0 Å². The third kappa shape index (κ3) is 3.09. The van der Waals surface area contributed by atoms with Gasteiger partial charge in [0.1, 0.15) is 0 Å². The second-order valence-corrected chi connectivity index (χ2v) is 3.95. The van der Waals surface area contributed by atoms with E-state index in [9.17, 15) is 5.11 Å². The highest BCUT2D eigenvalue weighted by Crippen LogP contribution is 2.19. The van der Waals surface area contributed by atoms with E-state index < -0.39 is 5.60 Å². The molecule has 0 aliphatic carbocycles. The second kappa shape index (κ2) is 4.21. The summed E-state index contributed by atoms with van der Waals surface area (Å²) in [4.78, 5) is 2.22. The van der Waals surface area contributed by atoms with Crippen LogP contribution in [-0.4, -0.2) is 47.0 Å². The Balaban J connectivity index is 2.26. The number of hydrogen-bond acceptors (Lipinski definition) is 3. The normalized spacial score (nSPS) is 32.2. The van der Waals surface area contributed by atoms with Crippen molar-refractivity contribution in [3.05, 3.63) is 0 Å². The van der Waals surface area contributed by atoms with Gasteiger partial charge < -0.3 is 15.1 Å². The zero-order valence-electron chi connectivity index (χ0n) is 7.79. The van der Waals surface area contributed by atoms with Crippen molar-refractivity contribution in [2.45, 2.75) is 31.8 Å². The van der Waals surface area contributed by atoms with Gasteiger partial charge in [-0.25, -0.2) is 0 Å². The Hall–Kier alpha value is -0.120. The molecule has 1 unspecified atom stereocenters. The van der Waals surface area contributed by atoms with E-state index in [1.165, 1.54) is 0 Å². The minimum absolute atomic E-state index is 0.249. The van der Waals surface area contributed by atoms with Crippen molar-refractivity contribution in [1.29, 1.82) is 0 Å². The summed E-state index contributed by atoms with van der Waals surface area (Å²) in [6.45, 7) is 4.87. The summed E-state index contributed by atoms with van der Waals surface area (Å²) in [6, 6.07) is 0. The molecule has 1 rings (SSSR count). The Morgan fingerprint density at radius 3 is 2.83 bits per heavy atom. The molecule has 0 aromatic rings. The first kappa shape index (κ1) is 9.96. The number of β-amino-alcohol motifs (C(OH)–C–C–N with tert-alkyl or cyclic N) is 1. The highest BCUT2D eigenvalue weighted by Gasteiger charge is 2.27. The topological polar surface area (TPSA) is 43.7 Å². The highest BCUT2D eigenvalue weighted by atomic mass is 16.3. The quantitative estimate of drug-likeness (QED) is 0.641. The average Bonchev–Trinajstić information content (AvgIpc) is 1.99. The van der Waals surface area contributed by atoms with E-state index in [2.05, 4.69) is 4.90 Å². The lowest BCUT2D eigenvalue weighted by molar-refractivity contribution is -0.0167. The average molecular weight is 173 g/mol. The van der Waals surface area contributed by atoms with Crippen molar-refractivity contribution in [2.75, 3.05) is 26.2 Å². The predicted octanol–water partition coefficient (Wildman–Crippen LogP) is 0.216. The third-order valence-electron chi connectivity index (χ3n) is 2.39. The van der Waals surface area contributed by atoms with E-state index in [0.717, 1.165) is 38.9 Å². The molecule has 1 heterocycles. The first-order chi connectivity index (χ1) is 5.64. The van der Waals surface area contributed by atoms with Crippen molar-refractivity contribution in [3.63, 3.8) is 0 Å². The fourth-order valence-corrected chi connectivity index (χ4v) is 1.81. The summed E-state index contributed by atoms with van der Waals surface area (Å²) in [7, 11) is 0. The number of rotatable bonds is 3. The Bertz CT molecular complexity index is 136. The molecule has 0 saturated carbocycles. The zero-order chi connectivity index (χ0) is 9.03. The molecule has 3 nitrogen and oxygen atoms in total. The molecule has 3 heteroatoms. The van der Waals surface area contributed by atoms with Gasteiger partial charge in [-0.3, -0.25) is 0 Å².